The first-order chi connectivity index (χ1) is 15.9. The Labute approximate surface area is 194 Å². The molecule has 1 amide bonds. The summed E-state index contributed by atoms with van der Waals surface area (Å²) in [6.45, 7) is 3.01. The molecule has 2 aliphatic heterocycles. The van der Waals surface area contributed by atoms with Crippen molar-refractivity contribution in [1.29, 1.82) is 0 Å². The highest BCUT2D eigenvalue weighted by Crippen LogP contribution is 2.41. The highest BCUT2D eigenvalue weighted by Gasteiger charge is 2.36. The number of aromatic nitrogens is 3. The zero-order chi connectivity index (χ0) is 23.0. The number of rotatable bonds is 3. The first-order valence-corrected chi connectivity index (χ1v) is 11.6. The summed E-state index contributed by atoms with van der Waals surface area (Å²) in [5, 5.41) is 1.68. The number of fused-ring (bicyclic) bond motifs is 4. The zero-order valence-electron chi connectivity index (χ0n) is 18.3. The highest BCUT2D eigenvalue weighted by atomic mass is 31.0. The second-order valence-electron chi connectivity index (χ2n) is 8.32. The molecule has 0 aliphatic carbocycles. The SMILES string of the molecule is CCOc1ncc2c(n1)CCc1ccccc1-c1ccnc(N3CCC(F)(P)C3)c1NC2=O. The van der Waals surface area contributed by atoms with Gasteiger partial charge in [0.1, 0.15) is 5.41 Å². The molecule has 5 rings (SSSR count). The largest absolute Gasteiger partial charge is 0.464 e. The van der Waals surface area contributed by atoms with E-state index < -0.39 is 5.41 Å². The molecule has 170 valence electrons. The lowest BCUT2D eigenvalue weighted by molar-refractivity contribution is 0.102. The second-order valence-corrected chi connectivity index (χ2v) is 9.36. The molecule has 2 unspecified atom stereocenters. The van der Waals surface area contributed by atoms with Crippen LogP contribution in [0.5, 0.6) is 6.01 Å². The van der Waals surface area contributed by atoms with Crippen LogP contribution in [0.3, 0.4) is 0 Å². The Morgan fingerprint density at radius 3 is 2.82 bits per heavy atom. The van der Waals surface area contributed by atoms with Gasteiger partial charge in [-0.15, -0.1) is 0 Å². The third-order valence-corrected chi connectivity index (χ3v) is 6.49. The fraction of sp³-hybridized carbons (Fsp3) is 0.333. The molecule has 1 fully saturated rings. The average Bonchev–Trinajstić information content (AvgIpc) is 3.17. The summed E-state index contributed by atoms with van der Waals surface area (Å²) in [4.78, 5) is 28.5. The molecule has 0 radical (unpaired) electrons. The van der Waals surface area contributed by atoms with Gasteiger partial charge in [-0.25, -0.2) is 14.4 Å². The monoisotopic (exact) mass is 465 g/mol. The number of carbonyl (C=O) groups is 1. The standard InChI is InChI=1S/C24H25FN5O2P/c1-2-32-23-27-13-18-19(28-23)8-7-15-5-3-4-6-16(15)17-9-11-26-21(20(17)29-22(18)31)30-12-10-24(25,33)14-30/h3-6,9,11,13H,2,7-8,10,12,14,33H2,1H3,(H,29,31). The van der Waals surface area contributed by atoms with Crippen LogP contribution < -0.4 is 15.0 Å². The average molecular weight is 465 g/mol. The number of alkyl halides is 1. The van der Waals surface area contributed by atoms with Crippen LogP contribution in [-0.4, -0.2) is 46.0 Å². The van der Waals surface area contributed by atoms with E-state index in [0.717, 1.165) is 16.7 Å². The van der Waals surface area contributed by atoms with Crippen molar-refractivity contribution >= 4 is 26.7 Å². The van der Waals surface area contributed by atoms with E-state index in [1.54, 1.807) is 6.20 Å². The van der Waals surface area contributed by atoms with Crippen LogP contribution in [0.15, 0.2) is 42.7 Å². The number of anilines is 2. The van der Waals surface area contributed by atoms with Crippen LogP contribution in [-0.2, 0) is 12.8 Å². The van der Waals surface area contributed by atoms with Gasteiger partial charge in [0.15, 0.2) is 5.82 Å². The van der Waals surface area contributed by atoms with Gasteiger partial charge >= 0.3 is 6.01 Å². The van der Waals surface area contributed by atoms with E-state index in [9.17, 15) is 9.18 Å². The molecule has 1 N–H and O–H groups in total. The molecule has 7 nitrogen and oxygen atoms in total. The van der Waals surface area contributed by atoms with Crippen LogP contribution in [0.2, 0.25) is 0 Å². The Balaban J connectivity index is 1.66. The van der Waals surface area contributed by atoms with Crippen LogP contribution >= 0.6 is 9.24 Å². The first kappa shape index (κ1) is 21.7. The number of nitrogens with zero attached hydrogens (tertiary/aromatic N) is 4. The van der Waals surface area contributed by atoms with Crippen LogP contribution in [0.1, 0.15) is 35.0 Å². The molecule has 4 heterocycles. The molecule has 2 atom stereocenters. The van der Waals surface area contributed by atoms with Gasteiger partial charge in [-0.05, 0) is 37.0 Å². The van der Waals surface area contributed by atoms with Crippen molar-refractivity contribution in [2.75, 3.05) is 29.9 Å². The summed E-state index contributed by atoms with van der Waals surface area (Å²) in [6.07, 6.45) is 4.87. The molecule has 0 saturated carbocycles. The smallest absolute Gasteiger partial charge is 0.316 e. The van der Waals surface area contributed by atoms with Crippen molar-refractivity contribution in [3.8, 4) is 17.1 Å². The minimum Gasteiger partial charge on any atom is -0.464 e. The number of nitrogens with one attached hydrogen (secondary N) is 1. The minimum absolute atomic E-state index is 0.191. The van der Waals surface area contributed by atoms with E-state index in [2.05, 4.69) is 35.6 Å². The molecule has 9 heteroatoms. The number of amides is 1. The molecule has 2 aromatic heterocycles. The highest BCUT2D eigenvalue weighted by molar-refractivity contribution is 7.18. The Kier molecular flexibility index (Phi) is 5.71. The van der Waals surface area contributed by atoms with Gasteiger partial charge in [-0.3, -0.25) is 4.79 Å². The zero-order valence-corrected chi connectivity index (χ0v) is 19.5. The van der Waals surface area contributed by atoms with Crippen LogP contribution in [0.25, 0.3) is 11.1 Å². The normalized spacial score (nSPS) is 19.8. The summed E-state index contributed by atoms with van der Waals surface area (Å²) in [5.74, 6) is 0.242. The van der Waals surface area contributed by atoms with Crippen molar-refractivity contribution in [3.63, 3.8) is 0 Å². The summed E-state index contributed by atoms with van der Waals surface area (Å²) in [6, 6.07) is 10.3. The maximum Gasteiger partial charge on any atom is 0.316 e. The maximum absolute atomic E-state index is 14.6. The molecular formula is C24H25FN5O2P. The van der Waals surface area contributed by atoms with E-state index >= 15 is 0 Å². The third-order valence-electron chi connectivity index (χ3n) is 6.02. The first-order valence-electron chi connectivity index (χ1n) is 11.1. The van der Waals surface area contributed by atoms with Crippen molar-refractivity contribution in [1.82, 2.24) is 15.0 Å². The van der Waals surface area contributed by atoms with Gasteiger partial charge in [0.2, 0.25) is 0 Å². The molecule has 3 aromatic rings. The fourth-order valence-electron chi connectivity index (χ4n) is 4.43. The van der Waals surface area contributed by atoms with Gasteiger partial charge in [-0.2, -0.15) is 4.98 Å². The van der Waals surface area contributed by atoms with Gasteiger partial charge in [-0.1, -0.05) is 33.5 Å². The Morgan fingerprint density at radius 2 is 2.03 bits per heavy atom. The molecule has 1 saturated heterocycles. The third kappa shape index (κ3) is 4.27. The lowest BCUT2D eigenvalue weighted by Gasteiger charge is -2.25. The predicted molar refractivity (Wildman–Crippen MR) is 129 cm³/mol. The van der Waals surface area contributed by atoms with E-state index in [1.165, 1.54) is 6.20 Å². The Hall–Kier alpha value is -3.12. The molecular weight excluding hydrogens is 440 g/mol. The van der Waals surface area contributed by atoms with Crippen LogP contribution in [0, 0.1) is 0 Å². The topological polar surface area (TPSA) is 80.2 Å². The summed E-state index contributed by atoms with van der Waals surface area (Å²) in [5.41, 5.74) is 4.59. The molecule has 2 aliphatic rings. The number of benzene rings is 1. The lowest BCUT2D eigenvalue weighted by Crippen LogP contribution is -2.27. The Morgan fingerprint density at radius 1 is 1.18 bits per heavy atom. The number of pyridine rings is 1. The molecule has 0 spiro atoms. The maximum atomic E-state index is 14.6. The van der Waals surface area contributed by atoms with Gasteiger partial charge in [0.05, 0.1) is 30.1 Å². The van der Waals surface area contributed by atoms with E-state index in [1.807, 2.05) is 36.1 Å². The number of aryl methyl sites for hydroxylation is 2. The van der Waals surface area contributed by atoms with Crippen LogP contribution in [0.4, 0.5) is 15.9 Å². The number of carbonyl (C=O) groups excluding carboxylic acids is 1. The summed E-state index contributed by atoms with van der Waals surface area (Å²) >= 11 is 0. The van der Waals surface area contributed by atoms with E-state index in [-0.39, 0.29) is 18.5 Å². The van der Waals surface area contributed by atoms with Crippen molar-refractivity contribution in [3.05, 3.63) is 59.5 Å². The molecule has 0 bridgehead atoms. The number of hydrogen-bond donors (Lipinski definition) is 1. The van der Waals surface area contributed by atoms with E-state index in [0.29, 0.717) is 55.2 Å². The van der Waals surface area contributed by atoms with Crippen molar-refractivity contribution in [2.45, 2.75) is 31.6 Å². The summed E-state index contributed by atoms with van der Waals surface area (Å²) < 4.78 is 20.1. The number of halogens is 1. The summed E-state index contributed by atoms with van der Waals surface area (Å²) in [7, 11) is 2.29. The predicted octanol–water partition coefficient (Wildman–Crippen LogP) is 4.04. The Bertz CT molecular complexity index is 1220. The number of hydrogen-bond acceptors (Lipinski definition) is 6. The van der Waals surface area contributed by atoms with Crippen molar-refractivity contribution in [2.24, 2.45) is 0 Å². The van der Waals surface area contributed by atoms with Gasteiger partial charge in [0, 0.05) is 30.9 Å². The van der Waals surface area contributed by atoms with E-state index in [4.69, 9.17) is 4.74 Å². The molecule has 33 heavy (non-hydrogen) atoms. The molecule has 1 aromatic carbocycles. The minimum atomic E-state index is -1.38. The van der Waals surface area contributed by atoms with Gasteiger partial charge in [0.25, 0.3) is 5.91 Å². The van der Waals surface area contributed by atoms with Gasteiger partial charge < -0.3 is 15.0 Å². The lowest BCUT2D eigenvalue weighted by atomic mass is 9.93. The quantitative estimate of drug-likeness (QED) is 0.588. The fourth-order valence-corrected chi connectivity index (χ4v) is 4.78. The van der Waals surface area contributed by atoms with Crippen molar-refractivity contribution < 1.29 is 13.9 Å². The second kappa shape index (κ2) is 8.67. The number of ether oxygens (including phenoxy) is 1.